The summed E-state index contributed by atoms with van der Waals surface area (Å²) < 4.78 is 34.2. The molecule has 2 aromatic heterocycles. The summed E-state index contributed by atoms with van der Waals surface area (Å²) in [5.41, 5.74) is 0.983. The molecule has 9 nitrogen and oxygen atoms in total. The monoisotopic (exact) mass is 416 g/mol. The zero-order chi connectivity index (χ0) is 21.1. The topological polar surface area (TPSA) is 106 Å². The lowest BCUT2D eigenvalue weighted by atomic mass is 10.2. The number of oxazole rings is 1. The summed E-state index contributed by atoms with van der Waals surface area (Å²) in [5.74, 6) is -4.25. The highest BCUT2D eigenvalue weighted by Crippen LogP contribution is 2.33. The van der Waals surface area contributed by atoms with Crippen LogP contribution in [-0.4, -0.2) is 55.2 Å². The Balaban J connectivity index is 1.41. The van der Waals surface area contributed by atoms with E-state index < -0.39 is 36.7 Å². The van der Waals surface area contributed by atoms with Crippen LogP contribution < -0.4 is 5.32 Å². The molecule has 3 heterocycles. The van der Waals surface area contributed by atoms with Gasteiger partial charge in [0.25, 0.3) is 17.7 Å². The van der Waals surface area contributed by atoms with Crippen molar-refractivity contribution in [2.24, 2.45) is 0 Å². The molecule has 1 aliphatic rings. The van der Waals surface area contributed by atoms with Gasteiger partial charge in [0.05, 0.1) is 31.5 Å². The first-order chi connectivity index (χ1) is 14.4. The van der Waals surface area contributed by atoms with Crippen molar-refractivity contribution in [3.05, 3.63) is 66.1 Å². The van der Waals surface area contributed by atoms with E-state index >= 15 is 0 Å². The van der Waals surface area contributed by atoms with Gasteiger partial charge < -0.3 is 14.6 Å². The smallest absolute Gasteiger partial charge is 0.291 e. The van der Waals surface area contributed by atoms with Crippen LogP contribution in [0.2, 0.25) is 0 Å². The number of carbonyl (C=O) groups is 2. The first kappa shape index (κ1) is 19.7. The van der Waals surface area contributed by atoms with E-state index in [0.29, 0.717) is 6.54 Å². The third-order valence-electron chi connectivity index (χ3n) is 4.75. The molecule has 1 aliphatic heterocycles. The molecule has 0 saturated carbocycles. The predicted molar refractivity (Wildman–Crippen MR) is 98.5 cm³/mol. The van der Waals surface area contributed by atoms with E-state index in [-0.39, 0.29) is 18.0 Å². The Morgan fingerprint density at radius 2 is 2.07 bits per heavy atom. The quantitative estimate of drug-likeness (QED) is 0.656. The van der Waals surface area contributed by atoms with Crippen LogP contribution in [0.3, 0.4) is 0 Å². The van der Waals surface area contributed by atoms with Gasteiger partial charge in [-0.2, -0.15) is 0 Å². The van der Waals surface area contributed by atoms with Crippen LogP contribution in [0, 0.1) is 0 Å². The summed E-state index contributed by atoms with van der Waals surface area (Å²) in [6.07, 6.45) is 3.09. The van der Waals surface area contributed by atoms with Crippen molar-refractivity contribution in [2.45, 2.75) is 31.5 Å². The van der Waals surface area contributed by atoms with Crippen LogP contribution in [-0.2, 0) is 13.1 Å². The lowest BCUT2D eigenvalue weighted by Gasteiger charge is -2.22. The fourth-order valence-corrected chi connectivity index (χ4v) is 3.34. The van der Waals surface area contributed by atoms with E-state index in [1.165, 1.54) is 17.1 Å². The van der Waals surface area contributed by atoms with Gasteiger partial charge in [0.1, 0.15) is 0 Å². The summed E-state index contributed by atoms with van der Waals surface area (Å²) in [4.78, 5) is 29.4. The summed E-state index contributed by atoms with van der Waals surface area (Å²) in [5, 5.41) is 10.4. The van der Waals surface area contributed by atoms with Gasteiger partial charge in [0, 0.05) is 13.0 Å². The molecule has 11 heteroatoms. The van der Waals surface area contributed by atoms with Crippen molar-refractivity contribution in [1.29, 1.82) is 0 Å². The summed E-state index contributed by atoms with van der Waals surface area (Å²) in [6.45, 7) is -0.439. The second-order valence-electron chi connectivity index (χ2n) is 7.01. The molecule has 0 bridgehead atoms. The number of rotatable bonds is 6. The first-order valence-electron chi connectivity index (χ1n) is 9.21. The zero-order valence-corrected chi connectivity index (χ0v) is 15.7. The van der Waals surface area contributed by atoms with E-state index in [1.54, 1.807) is 0 Å². The molecule has 1 saturated heterocycles. The maximum absolute atomic E-state index is 14.0. The van der Waals surface area contributed by atoms with Crippen molar-refractivity contribution < 1.29 is 22.8 Å². The highest BCUT2D eigenvalue weighted by atomic mass is 19.3. The number of nitrogens with zero attached hydrogens (tertiary/aromatic N) is 5. The van der Waals surface area contributed by atoms with Crippen LogP contribution in [0.25, 0.3) is 0 Å². The lowest BCUT2D eigenvalue weighted by molar-refractivity contribution is 0.0113. The Hall–Kier alpha value is -3.63. The fraction of sp³-hybridized carbons (Fsp3) is 0.316. The highest BCUT2D eigenvalue weighted by Gasteiger charge is 2.47. The molecule has 1 atom stereocenters. The molecule has 0 radical (unpaired) electrons. The summed E-state index contributed by atoms with van der Waals surface area (Å²) >= 11 is 0. The number of benzene rings is 1. The largest absolute Gasteiger partial charge is 0.438 e. The molecule has 1 aromatic carbocycles. The number of hydrogen-bond donors (Lipinski definition) is 1. The van der Waals surface area contributed by atoms with E-state index in [4.69, 9.17) is 4.42 Å². The molecular formula is C19H18F2N6O3. The van der Waals surface area contributed by atoms with E-state index in [0.717, 1.165) is 16.9 Å². The molecule has 0 spiro atoms. The van der Waals surface area contributed by atoms with Crippen LogP contribution in [0.1, 0.15) is 33.0 Å². The van der Waals surface area contributed by atoms with Crippen LogP contribution in [0.4, 0.5) is 8.78 Å². The molecule has 3 aromatic rings. The Bertz CT molecular complexity index is 1020. The molecule has 2 amide bonds. The minimum atomic E-state index is -3.03. The van der Waals surface area contributed by atoms with Gasteiger partial charge in [-0.15, -0.1) is 5.10 Å². The van der Waals surface area contributed by atoms with Gasteiger partial charge in [0.15, 0.2) is 12.1 Å². The minimum Gasteiger partial charge on any atom is -0.438 e. The highest BCUT2D eigenvalue weighted by molar-refractivity contribution is 5.92. The third-order valence-corrected chi connectivity index (χ3v) is 4.75. The van der Waals surface area contributed by atoms with Crippen molar-refractivity contribution in [1.82, 2.24) is 30.2 Å². The zero-order valence-electron chi connectivity index (χ0n) is 15.7. The molecule has 4 rings (SSSR count). The second kappa shape index (κ2) is 8.01. The van der Waals surface area contributed by atoms with E-state index in [9.17, 15) is 18.4 Å². The van der Waals surface area contributed by atoms with Gasteiger partial charge in [-0.05, 0) is 5.56 Å². The molecule has 156 valence electrons. The average molecular weight is 416 g/mol. The van der Waals surface area contributed by atoms with Crippen molar-refractivity contribution in [3.63, 3.8) is 0 Å². The van der Waals surface area contributed by atoms with Gasteiger partial charge in [-0.25, -0.2) is 18.4 Å². The number of likely N-dealkylation sites (tertiary alicyclic amines) is 1. The Morgan fingerprint density at radius 1 is 1.27 bits per heavy atom. The van der Waals surface area contributed by atoms with Crippen molar-refractivity contribution in [2.75, 3.05) is 6.54 Å². The Morgan fingerprint density at radius 3 is 2.80 bits per heavy atom. The Labute approximate surface area is 169 Å². The SMILES string of the molecule is O=C(NCc1ccccc1)c1cn(CC2CC(F)(F)CN2C(=O)c2cnco2)nn1. The summed E-state index contributed by atoms with van der Waals surface area (Å²) in [6, 6.07) is 8.51. The first-order valence-corrected chi connectivity index (χ1v) is 9.21. The number of nitrogens with one attached hydrogen (secondary N) is 1. The molecule has 30 heavy (non-hydrogen) atoms. The van der Waals surface area contributed by atoms with Gasteiger partial charge in [-0.1, -0.05) is 35.5 Å². The number of alkyl halides is 2. The molecule has 1 N–H and O–H groups in total. The standard InChI is InChI=1S/C19H18F2N6O3/c20-19(21)6-14(27(11-19)18(29)16-8-22-12-30-16)9-26-10-15(24-25-26)17(28)23-7-13-4-2-1-3-5-13/h1-5,8,10,12,14H,6-7,9,11H2,(H,23,28). The second-order valence-corrected chi connectivity index (χ2v) is 7.01. The molecule has 1 unspecified atom stereocenters. The van der Waals surface area contributed by atoms with Gasteiger partial charge in [0.2, 0.25) is 5.76 Å². The van der Waals surface area contributed by atoms with Crippen LogP contribution in [0.15, 0.2) is 53.5 Å². The van der Waals surface area contributed by atoms with Crippen molar-refractivity contribution in [3.8, 4) is 0 Å². The number of amides is 2. The van der Waals surface area contributed by atoms with Gasteiger partial charge in [-0.3, -0.25) is 9.59 Å². The predicted octanol–water partition coefficient (Wildman–Crippen LogP) is 1.75. The average Bonchev–Trinajstić information content (AvgIpc) is 3.47. The molecule has 0 aliphatic carbocycles. The maximum atomic E-state index is 14.0. The van der Waals surface area contributed by atoms with E-state index in [2.05, 4.69) is 20.6 Å². The molecule has 1 fully saturated rings. The van der Waals surface area contributed by atoms with E-state index in [1.807, 2.05) is 30.3 Å². The maximum Gasteiger partial charge on any atom is 0.291 e. The number of halogens is 2. The van der Waals surface area contributed by atoms with Gasteiger partial charge >= 0.3 is 0 Å². The number of hydrogen-bond acceptors (Lipinski definition) is 6. The Kier molecular flexibility index (Phi) is 5.25. The number of carbonyl (C=O) groups excluding carboxylic acids is 2. The molecular weight excluding hydrogens is 398 g/mol. The van der Waals surface area contributed by atoms with Crippen molar-refractivity contribution >= 4 is 11.8 Å². The lowest BCUT2D eigenvalue weighted by Crippen LogP contribution is -2.38. The normalized spacial score (nSPS) is 17.8. The third kappa shape index (κ3) is 4.34. The summed E-state index contributed by atoms with van der Waals surface area (Å²) in [7, 11) is 0. The van der Waals surface area contributed by atoms with Crippen LogP contribution in [0.5, 0.6) is 0 Å². The minimum absolute atomic E-state index is 0.0333. The fourth-order valence-electron chi connectivity index (χ4n) is 3.34. The van der Waals surface area contributed by atoms with Crippen LogP contribution >= 0.6 is 0 Å². The number of aromatic nitrogens is 4.